The lowest BCUT2D eigenvalue weighted by Crippen LogP contribution is -2.25. The third-order valence-electron chi connectivity index (χ3n) is 2.74. The molecule has 1 saturated heterocycles. The summed E-state index contributed by atoms with van der Waals surface area (Å²) in [5, 5.41) is 0. The Balaban J connectivity index is 1.87. The highest BCUT2D eigenvalue weighted by Gasteiger charge is 2.30. The zero-order valence-electron chi connectivity index (χ0n) is 10.0. The lowest BCUT2D eigenvalue weighted by Gasteiger charge is -2.14. The molecule has 18 heavy (non-hydrogen) atoms. The van der Waals surface area contributed by atoms with Crippen LogP contribution in [0.15, 0.2) is 22.8 Å². The number of hydrogen-bond donors (Lipinski definition) is 0. The first kappa shape index (κ1) is 13.1. The highest BCUT2D eigenvalue weighted by atomic mass is 32.2. The summed E-state index contributed by atoms with van der Waals surface area (Å²) in [5.74, 6) is 0.628. The molecule has 0 radical (unpaired) electrons. The van der Waals surface area contributed by atoms with E-state index >= 15 is 0 Å². The number of carbonyl (C=O) groups is 1. The molecule has 0 aromatic carbocycles. The van der Waals surface area contributed by atoms with E-state index in [4.69, 9.17) is 8.60 Å². The van der Waals surface area contributed by atoms with E-state index in [1.807, 2.05) is 0 Å². The largest absolute Gasteiger partial charge is 0.467 e. The number of hydrogen-bond acceptors (Lipinski definition) is 5. The average Bonchev–Trinajstić information content (AvgIpc) is 2.86. The standard InChI is InChI=1S/C11H15NO5S/c1-18(14,15)17-8-9-5-11(13)12(6-9)7-10-3-2-4-16-10/h2-4,9H,5-8H2,1H3. The molecule has 7 heteroatoms. The van der Waals surface area contributed by atoms with Crippen LogP contribution in [-0.4, -0.2) is 38.6 Å². The summed E-state index contributed by atoms with van der Waals surface area (Å²) in [5.41, 5.74) is 0. The second-order valence-electron chi connectivity index (χ2n) is 4.41. The van der Waals surface area contributed by atoms with E-state index in [0.29, 0.717) is 25.3 Å². The molecule has 0 N–H and O–H groups in total. The minimum absolute atomic E-state index is 0.00602. The van der Waals surface area contributed by atoms with E-state index in [-0.39, 0.29) is 18.4 Å². The molecule has 1 fully saturated rings. The number of furan rings is 1. The third-order valence-corrected chi connectivity index (χ3v) is 3.30. The fourth-order valence-electron chi connectivity index (χ4n) is 1.93. The molecule has 1 aliphatic heterocycles. The monoisotopic (exact) mass is 273 g/mol. The van der Waals surface area contributed by atoms with Crippen LogP contribution in [0.1, 0.15) is 12.2 Å². The molecule has 1 aromatic heterocycles. The highest BCUT2D eigenvalue weighted by Crippen LogP contribution is 2.21. The summed E-state index contributed by atoms with van der Waals surface area (Å²) >= 11 is 0. The first-order valence-electron chi connectivity index (χ1n) is 5.58. The molecule has 2 rings (SSSR count). The molecular formula is C11H15NO5S. The van der Waals surface area contributed by atoms with E-state index in [9.17, 15) is 13.2 Å². The van der Waals surface area contributed by atoms with Gasteiger partial charge in [-0.2, -0.15) is 8.42 Å². The summed E-state index contributed by atoms with van der Waals surface area (Å²) in [6.45, 7) is 0.968. The Morgan fingerprint density at radius 2 is 2.33 bits per heavy atom. The number of likely N-dealkylation sites (tertiary alicyclic amines) is 1. The normalized spacial score (nSPS) is 20.6. The van der Waals surface area contributed by atoms with Crippen molar-refractivity contribution in [2.75, 3.05) is 19.4 Å². The lowest BCUT2D eigenvalue weighted by molar-refractivity contribution is -0.128. The first-order chi connectivity index (χ1) is 8.44. The van der Waals surface area contributed by atoms with Gasteiger partial charge < -0.3 is 9.32 Å². The minimum Gasteiger partial charge on any atom is -0.467 e. The SMILES string of the molecule is CS(=O)(=O)OCC1CC(=O)N(Cc2ccco2)C1. The number of rotatable bonds is 5. The Labute approximate surface area is 106 Å². The fourth-order valence-corrected chi connectivity index (χ4v) is 2.37. The molecule has 0 aliphatic carbocycles. The predicted molar refractivity (Wildman–Crippen MR) is 63.0 cm³/mol. The Kier molecular flexibility index (Phi) is 3.72. The van der Waals surface area contributed by atoms with Gasteiger partial charge in [-0.3, -0.25) is 8.98 Å². The van der Waals surface area contributed by atoms with Gasteiger partial charge in [-0.05, 0) is 12.1 Å². The topological polar surface area (TPSA) is 76.8 Å². The van der Waals surface area contributed by atoms with Crippen LogP contribution in [-0.2, 0) is 25.6 Å². The quantitative estimate of drug-likeness (QED) is 0.734. The van der Waals surface area contributed by atoms with Gasteiger partial charge in [0.15, 0.2) is 0 Å². The van der Waals surface area contributed by atoms with Crippen LogP contribution >= 0.6 is 0 Å². The third kappa shape index (κ3) is 3.58. The first-order valence-corrected chi connectivity index (χ1v) is 7.40. The van der Waals surface area contributed by atoms with Crippen molar-refractivity contribution in [3.8, 4) is 0 Å². The van der Waals surface area contributed by atoms with Gasteiger partial charge >= 0.3 is 0 Å². The Morgan fingerprint density at radius 3 is 2.94 bits per heavy atom. The molecule has 1 atom stereocenters. The molecule has 2 heterocycles. The zero-order chi connectivity index (χ0) is 13.2. The summed E-state index contributed by atoms with van der Waals surface area (Å²) in [6, 6.07) is 3.56. The van der Waals surface area contributed by atoms with Crippen molar-refractivity contribution in [2.24, 2.45) is 5.92 Å². The van der Waals surface area contributed by atoms with Crippen molar-refractivity contribution < 1.29 is 21.8 Å². The maximum absolute atomic E-state index is 11.7. The molecule has 6 nitrogen and oxygen atoms in total. The van der Waals surface area contributed by atoms with Gasteiger partial charge in [-0.25, -0.2) is 0 Å². The van der Waals surface area contributed by atoms with Gasteiger partial charge in [0.05, 0.1) is 25.7 Å². The zero-order valence-corrected chi connectivity index (χ0v) is 10.9. The van der Waals surface area contributed by atoms with Crippen LogP contribution in [0.4, 0.5) is 0 Å². The molecule has 0 bridgehead atoms. The molecule has 0 saturated carbocycles. The van der Waals surface area contributed by atoms with E-state index in [2.05, 4.69) is 0 Å². The van der Waals surface area contributed by atoms with E-state index in [1.165, 1.54) is 0 Å². The molecule has 1 unspecified atom stereocenters. The molecule has 1 amide bonds. The molecular weight excluding hydrogens is 258 g/mol. The van der Waals surface area contributed by atoms with Gasteiger partial charge in [0, 0.05) is 18.9 Å². The molecule has 1 aliphatic rings. The number of amides is 1. The van der Waals surface area contributed by atoms with Crippen molar-refractivity contribution in [2.45, 2.75) is 13.0 Å². The van der Waals surface area contributed by atoms with Gasteiger partial charge in [-0.1, -0.05) is 0 Å². The van der Waals surface area contributed by atoms with Crippen molar-refractivity contribution in [3.63, 3.8) is 0 Å². The van der Waals surface area contributed by atoms with Crippen molar-refractivity contribution in [1.82, 2.24) is 4.90 Å². The van der Waals surface area contributed by atoms with Crippen LogP contribution in [0.25, 0.3) is 0 Å². The highest BCUT2D eigenvalue weighted by molar-refractivity contribution is 7.85. The molecule has 0 spiro atoms. The molecule has 1 aromatic rings. The maximum atomic E-state index is 11.7. The van der Waals surface area contributed by atoms with Crippen LogP contribution in [0, 0.1) is 5.92 Å². The minimum atomic E-state index is -3.44. The van der Waals surface area contributed by atoms with E-state index in [1.54, 1.807) is 23.3 Å². The summed E-state index contributed by atoms with van der Waals surface area (Å²) in [4.78, 5) is 13.4. The van der Waals surface area contributed by atoms with Gasteiger partial charge in [0.25, 0.3) is 10.1 Å². The summed E-state index contributed by atoms with van der Waals surface area (Å²) < 4.78 is 31.6. The summed E-state index contributed by atoms with van der Waals surface area (Å²) in [7, 11) is -3.44. The predicted octanol–water partition coefficient (Wildman–Crippen LogP) is 0.604. The van der Waals surface area contributed by atoms with Crippen molar-refractivity contribution in [3.05, 3.63) is 24.2 Å². The summed E-state index contributed by atoms with van der Waals surface area (Å²) in [6.07, 6.45) is 2.88. The second kappa shape index (κ2) is 5.11. The van der Waals surface area contributed by atoms with Crippen LogP contribution in [0.5, 0.6) is 0 Å². The Morgan fingerprint density at radius 1 is 1.56 bits per heavy atom. The van der Waals surface area contributed by atoms with Crippen LogP contribution in [0.2, 0.25) is 0 Å². The Bertz CT molecular complexity index is 508. The van der Waals surface area contributed by atoms with E-state index in [0.717, 1.165) is 6.26 Å². The number of nitrogens with zero attached hydrogens (tertiary/aromatic N) is 1. The van der Waals surface area contributed by atoms with Gasteiger partial charge in [-0.15, -0.1) is 0 Å². The molecule has 100 valence electrons. The number of carbonyl (C=O) groups excluding carboxylic acids is 1. The van der Waals surface area contributed by atoms with Gasteiger partial charge in [0.2, 0.25) is 5.91 Å². The average molecular weight is 273 g/mol. The lowest BCUT2D eigenvalue weighted by atomic mass is 10.1. The second-order valence-corrected chi connectivity index (χ2v) is 6.06. The maximum Gasteiger partial charge on any atom is 0.264 e. The van der Waals surface area contributed by atoms with E-state index < -0.39 is 10.1 Å². The fraction of sp³-hybridized carbons (Fsp3) is 0.545. The Hall–Kier alpha value is -1.34. The van der Waals surface area contributed by atoms with Crippen molar-refractivity contribution >= 4 is 16.0 Å². The van der Waals surface area contributed by atoms with Crippen LogP contribution < -0.4 is 0 Å². The van der Waals surface area contributed by atoms with Crippen LogP contribution in [0.3, 0.4) is 0 Å². The van der Waals surface area contributed by atoms with Gasteiger partial charge in [0.1, 0.15) is 5.76 Å². The smallest absolute Gasteiger partial charge is 0.264 e. The van der Waals surface area contributed by atoms with Crippen molar-refractivity contribution in [1.29, 1.82) is 0 Å².